The predicted molar refractivity (Wildman–Crippen MR) is 56.1 cm³/mol. The molecule has 0 aliphatic heterocycles. The summed E-state index contributed by atoms with van der Waals surface area (Å²) in [6, 6.07) is 9.20. The quantitative estimate of drug-likeness (QED) is 0.663. The zero-order chi connectivity index (χ0) is 10.6. The minimum atomic E-state index is -1.18. The summed E-state index contributed by atoms with van der Waals surface area (Å²) in [6.07, 6.45) is -1.18. The molecule has 14 heavy (non-hydrogen) atoms. The van der Waals surface area contributed by atoms with Gasteiger partial charge in [0.15, 0.2) is 6.10 Å². The number of carbonyl (C=O) groups is 1. The van der Waals surface area contributed by atoms with E-state index in [-0.39, 0.29) is 0 Å². The standard InChI is InChI=1S/C10H11BrO3/c1-14-10(13)9(12)8(11)7-5-3-2-4-6-7/h2-6,8-9,12H,1H3/t8-,9+/m1/s1. The smallest absolute Gasteiger partial charge is 0.336 e. The van der Waals surface area contributed by atoms with Gasteiger partial charge in [0.25, 0.3) is 0 Å². The summed E-state index contributed by atoms with van der Waals surface area (Å²) in [7, 11) is 1.25. The summed E-state index contributed by atoms with van der Waals surface area (Å²) in [5, 5.41) is 9.52. The summed E-state index contributed by atoms with van der Waals surface area (Å²) < 4.78 is 4.44. The van der Waals surface area contributed by atoms with Gasteiger partial charge in [0.05, 0.1) is 11.9 Å². The van der Waals surface area contributed by atoms with Crippen LogP contribution in [0.1, 0.15) is 10.4 Å². The Morgan fingerprint density at radius 2 is 2.00 bits per heavy atom. The topological polar surface area (TPSA) is 46.5 Å². The normalized spacial score (nSPS) is 14.5. The number of methoxy groups -OCH3 is 1. The second-order valence-electron chi connectivity index (χ2n) is 2.78. The summed E-state index contributed by atoms with van der Waals surface area (Å²) in [5.74, 6) is -0.643. The van der Waals surface area contributed by atoms with E-state index in [1.54, 1.807) is 0 Å². The number of hydrogen-bond donors (Lipinski definition) is 1. The largest absolute Gasteiger partial charge is 0.467 e. The summed E-state index contributed by atoms with van der Waals surface area (Å²) >= 11 is 3.24. The SMILES string of the molecule is COC(=O)[C@@H](O)[C@H](Br)c1ccccc1. The maximum absolute atomic E-state index is 11.0. The molecule has 0 saturated carbocycles. The first-order valence-electron chi connectivity index (χ1n) is 4.11. The van der Waals surface area contributed by atoms with Crippen LogP contribution in [-0.2, 0) is 9.53 Å². The van der Waals surface area contributed by atoms with Crippen molar-refractivity contribution < 1.29 is 14.6 Å². The van der Waals surface area contributed by atoms with Crippen molar-refractivity contribution in [2.45, 2.75) is 10.9 Å². The van der Waals surface area contributed by atoms with Gasteiger partial charge in [-0.2, -0.15) is 0 Å². The Bertz CT molecular complexity index is 299. The third kappa shape index (κ3) is 2.56. The number of halogens is 1. The van der Waals surface area contributed by atoms with Crippen molar-refractivity contribution >= 4 is 21.9 Å². The zero-order valence-corrected chi connectivity index (χ0v) is 9.27. The van der Waals surface area contributed by atoms with E-state index < -0.39 is 16.9 Å². The number of aliphatic hydroxyl groups excluding tert-OH is 1. The molecule has 0 spiro atoms. The van der Waals surface area contributed by atoms with Crippen LogP contribution in [0.25, 0.3) is 0 Å². The maximum atomic E-state index is 11.0. The second-order valence-corrected chi connectivity index (χ2v) is 3.77. The van der Waals surface area contributed by atoms with Crippen LogP contribution in [0.5, 0.6) is 0 Å². The lowest BCUT2D eigenvalue weighted by Gasteiger charge is -2.14. The molecule has 0 heterocycles. The van der Waals surface area contributed by atoms with Crippen molar-refractivity contribution in [2.75, 3.05) is 7.11 Å². The van der Waals surface area contributed by atoms with Gasteiger partial charge in [0.1, 0.15) is 0 Å². The fraction of sp³-hybridized carbons (Fsp3) is 0.300. The van der Waals surface area contributed by atoms with Crippen LogP contribution in [0, 0.1) is 0 Å². The number of aliphatic hydroxyl groups is 1. The van der Waals surface area contributed by atoms with E-state index in [4.69, 9.17) is 0 Å². The number of rotatable bonds is 3. The van der Waals surface area contributed by atoms with Crippen molar-refractivity contribution in [3.8, 4) is 0 Å². The lowest BCUT2D eigenvalue weighted by atomic mass is 10.1. The van der Waals surface area contributed by atoms with E-state index in [9.17, 15) is 9.90 Å². The number of carbonyl (C=O) groups excluding carboxylic acids is 1. The van der Waals surface area contributed by atoms with E-state index in [2.05, 4.69) is 20.7 Å². The van der Waals surface area contributed by atoms with E-state index in [1.807, 2.05) is 30.3 Å². The molecule has 1 aromatic rings. The number of alkyl halides is 1. The molecule has 1 aromatic carbocycles. The van der Waals surface area contributed by atoms with Gasteiger partial charge in [0, 0.05) is 0 Å². The average molecular weight is 259 g/mol. The van der Waals surface area contributed by atoms with Gasteiger partial charge in [-0.25, -0.2) is 4.79 Å². The lowest BCUT2D eigenvalue weighted by Crippen LogP contribution is -2.26. The van der Waals surface area contributed by atoms with Crippen molar-refractivity contribution in [2.24, 2.45) is 0 Å². The molecule has 0 unspecified atom stereocenters. The number of hydrogen-bond acceptors (Lipinski definition) is 3. The predicted octanol–water partition coefficient (Wildman–Crippen LogP) is 1.66. The molecule has 0 fully saturated rings. The summed E-state index contributed by atoms with van der Waals surface area (Å²) in [5.41, 5.74) is 0.838. The third-order valence-electron chi connectivity index (χ3n) is 1.84. The molecule has 3 nitrogen and oxygen atoms in total. The zero-order valence-electron chi connectivity index (χ0n) is 7.68. The summed E-state index contributed by atoms with van der Waals surface area (Å²) in [6.45, 7) is 0. The highest BCUT2D eigenvalue weighted by Crippen LogP contribution is 2.26. The van der Waals surface area contributed by atoms with Gasteiger partial charge in [-0.3, -0.25) is 0 Å². The van der Waals surface area contributed by atoms with E-state index in [1.165, 1.54) is 7.11 Å². The first kappa shape index (κ1) is 11.2. The minimum Gasteiger partial charge on any atom is -0.467 e. The van der Waals surface area contributed by atoms with Gasteiger partial charge in [-0.05, 0) is 5.56 Å². The van der Waals surface area contributed by atoms with Crippen molar-refractivity contribution in [3.63, 3.8) is 0 Å². The van der Waals surface area contributed by atoms with Crippen LogP contribution < -0.4 is 0 Å². The highest BCUT2D eigenvalue weighted by molar-refractivity contribution is 9.09. The molecule has 4 heteroatoms. The third-order valence-corrected chi connectivity index (χ3v) is 2.87. The van der Waals surface area contributed by atoms with Gasteiger partial charge in [-0.15, -0.1) is 0 Å². The molecule has 0 saturated heterocycles. The molecule has 1 rings (SSSR count). The summed E-state index contributed by atoms with van der Waals surface area (Å²) in [4.78, 5) is 10.6. The van der Waals surface area contributed by atoms with Gasteiger partial charge in [-0.1, -0.05) is 46.3 Å². The number of esters is 1. The first-order chi connectivity index (χ1) is 6.66. The van der Waals surface area contributed by atoms with Crippen LogP contribution in [0.15, 0.2) is 30.3 Å². The maximum Gasteiger partial charge on any atom is 0.336 e. The van der Waals surface area contributed by atoms with E-state index in [0.29, 0.717) is 0 Å². The fourth-order valence-corrected chi connectivity index (χ4v) is 1.58. The molecule has 0 bridgehead atoms. The Kier molecular flexibility index (Phi) is 4.10. The van der Waals surface area contributed by atoms with E-state index in [0.717, 1.165) is 5.56 Å². The Morgan fingerprint density at radius 3 is 2.50 bits per heavy atom. The molecular weight excluding hydrogens is 248 g/mol. The Labute approximate surface area is 90.8 Å². The van der Waals surface area contributed by atoms with Crippen LogP contribution in [-0.4, -0.2) is 24.3 Å². The van der Waals surface area contributed by atoms with Crippen molar-refractivity contribution in [1.29, 1.82) is 0 Å². The molecule has 76 valence electrons. The highest BCUT2D eigenvalue weighted by Gasteiger charge is 2.25. The van der Waals surface area contributed by atoms with Crippen LogP contribution in [0.3, 0.4) is 0 Å². The molecule has 0 amide bonds. The van der Waals surface area contributed by atoms with Gasteiger partial charge in [0.2, 0.25) is 0 Å². The lowest BCUT2D eigenvalue weighted by molar-refractivity contribution is -0.150. The van der Waals surface area contributed by atoms with Crippen LogP contribution in [0.2, 0.25) is 0 Å². The Hall–Kier alpha value is -0.870. The first-order valence-corrected chi connectivity index (χ1v) is 5.03. The minimum absolute atomic E-state index is 0.434. The highest BCUT2D eigenvalue weighted by atomic mass is 79.9. The molecule has 0 aromatic heterocycles. The van der Waals surface area contributed by atoms with Crippen molar-refractivity contribution in [3.05, 3.63) is 35.9 Å². The Morgan fingerprint density at radius 1 is 1.43 bits per heavy atom. The molecule has 1 N–H and O–H groups in total. The fourth-order valence-electron chi connectivity index (χ4n) is 1.06. The van der Waals surface area contributed by atoms with Crippen molar-refractivity contribution in [1.82, 2.24) is 0 Å². The molecular formula is C10H11BrO3. The van der Waals surface area contributed by atoms with Crippen LogP contribution >= 0.6 is 15.9 Å². The Balaban J connectivity index is 2.75. The molecule has 0 aliphatic rings. The molecule has 2 atom stereocenters. The monoisotopic (exact) mass is 258 g/mol. The second kappa shape index (κ2) is 5.12. The van der Waals surface area contributed by atoms with Gasteiger partial charge < -0.3 is 9.84 Å². The number of benzene rings is 1. The van der Waals surface area contributed by atoms with E-state index >= 15 is 0 Å². The van der Waals surface area contributed by atoms with Gasteiger partial charge >= 0.3 is 5.97 Å². The van der Waals surface area contributed by atoms with Crippen LogP contribution in [0.4, 0.5) is 0 Å². The average Bonchev–Trinajstić information content (AvgIpc) is 2.27. The number of ether oxygens (including phenoxy) is 1. The molecule has 0 radical (unpaired) electrons. The molecule has 0 aliphatic carbocycles.